The molecule has 8 heteroatoms. The number of benzene rings is 1. The number of nitrogens with one attached hydrogen (secondary N) is 2. The number of anilines is 1. The number of methoxy groups -OCH3 is 1. The van der Waals surface area contributed by atoms with E-state index in [4.69, 9.17) is 21.1 Å². The first-order chi connectivity index (χ1) is 14.2. The second kappa shape index (κ2) is 10.8. The fraction of sp³-hybridized carbons (Fsp3) is 0.429. The Bertz CT molecular complexity index is 800. The van der Waals surface area contributed by atoms with Gasteiger partial charge < -0.3 is 25.0 Å². The minimum atomic E-state index is 0.301. The maximum atomic E-state index is 6.26. The van der Waals surface area contributed by atoms with E-state index in [2.05, 4.69) is 25.5 Å². The van der Waals surface area contributed by atoms with Crippen molar-refractivity contribution in [2.75, 3.05) is 45.3 Å². The number of nitrogens with zero attached hydrogens (tertiary/aromatic N) is 3. The van der Waals surface area contributed by atoms with Crippen LogP contribution in [0.2, 0.25) is 5.02 Å². The molecule has 0 radical (unpaired) electrons. The van der Waals surface area contributed by atoms with Crippen LogP contribution in [0.3, 0.4) is 0 Å². The first kappa shape index (κ1) is 21.0. The molecule has 1 unspecified atom stereocenters. The van der Waals surface area contributed by atoms with Gasteiger partial charge in [-0.15, -0.1) is 0 Å². The molecule has 0 saturated carbocycles. The summed E-state index contributed by atoms with van der Waals surface area (Å²) in [5, 5.41) is 7.51. The van der Waals surface area contributed by atoms with E-state index in [9.17, 15) is 0 Å². The summed E-state index contributed by atoms with van der Waals surface area (Å²) in [6.07, 6.45) is 3.65. The molecule has 0 aliphatic carbocycles. The molecule has 2 aromatic rings. The highest BCUT2D eigenvalue weighted by molar-refractivity contribution is 6.32. The number of guanidine groups is 1. The second-order valence-corrected chi connectivity index (χ2v) is 7.17. The Balaban J connectivity index is 1.36. The lowest BCUT2D eigenvalue weighted by Gasteiger charge is -2.20. The number of ether oxygens (including phenoxy) is 2. The molecule has 0 bridgehead atoms. The van der Waals surface area contributed by atoms with Gasteiger partial charge in [0, 0.05) is 38.9 Å². The molecule has 0 spiro atoms. The number of hydrogen-bond donors (Lipinski definition) is 2. The van der Waals surface area contributed by atoms with E-state index in [-0.39, 0.29) is 0 Å². The van der Waals surface area contributed by atoms with Gasteiger partial charge in [0.25, 0.3) is 0 Å². The smallest absolute Gasteiger partial charge is 0.191 e. The fourth-order valence-corrected chi connectivity index (χ4v) is 3.45. The van der Waals surface area contributed by atoms with Crippen LogP contribution in [0.4, 0.5) is 5.82 Å². The van der Waals surface area contributed by atoms with Crippen LogP contribution in [0.5, 0.6) is 11.5 Å². The fourth-order valence-electron chi connectivity index (χ4n) is 3.21. The Labute approximate surface area is 177 Å². The van der Waals surface area contributed by atoms with Crippen molar-refractivity contribution in [3.05, 3.63) is 47.6 Å². The molecule has 3 rings (SSSR count). The van der Waals surface area contributed by atoms with Gasteiger partial charge in [0.15, 0.2) is 5.96 Å². The van der Waals surface area contributed by atoms with Crippen molar-refractivity contribution in [2.24, 2.45) is 4.99 Å². The Hall–Kier alpha value is -2.67. The van der Waals surface area contributed by atoms with Gasteiger partial charge in [-0.05, 0) is 49.2 Å². The van der Waals surface area contributed by atoms with E-state index in [1.54, 1.807) is 20.4 Å². The van der Waals surface area contributed by atoms with Gasteiger partial charge in [-0.1, -0.05) is 11.6 Å². The zero-order chi connectivity index (χ0) is 20.5. The van der Waals surface area contributed by atoms with Gasteiger partial charge in [0.1, 0.15) is 17.3 Å². The molecule has 1 aliphatic rings. The molecule has 1 fully saturated rings. The van der Waals surface area contributed by atoms with Crippen molar-refractivity contribution < 1.29 is 9.47 Å². The van der Waals surface area contributed by atoms with Crippen molar-refractivity contribution in [3.63, 3.8) is 0 Å². The lowest BCUT2D eigenvalue weighted by atomic mass is 10.3. The number of halogens is 1. The summed E-state index contributed by atoms with van der Waals surface area (Å²) in [6.45, 7) is 3.17. The molecule has 1 aromatic heterocycles. The predicted molar refractivity (Wildman–Crippen MR) is 117 cm³/mol. The van der Waals surface area contributed by atoms with Crippen molar-refractivity contribution >= 4 is 23.4 Å². The van der Waals surface area contributed by atoms with Crippen LogP contribution in [0.1, 0.15) is 12.8 Å². The van der Waals surface area contributed by atoms with Gasteiger partial charge >= 0.3 is 0 Å². The molecule has 1 atom stereocenters. The van der Waals surface area contributed by atoms with Crippen molar-refractivity contribution in [1.29, 1.82) is 0 Å². The SMILES string of the molecule is CN=C(NCCCOc1ccc(OC)cc1)NC1CCN(c2ncccc2Cl)C1. The summed E-state index contributed by atoms with van der Waals surface area (Å²) in [7, 11) is 3.44. The third-order valence-electron chi connectivity index (χ3n) is 4.73. The quantitative estimate of drug-likeness (QED) is 0.391. The van der Waals surface area contributed by atoms with E-state index in [0.29, 0.717) is 17.7 Å². The minimum Gasteiger partial charge on any atom is -0.497 e. The molecular weight excluding hydrogens is 390 g/mol. The van der Waals surface area contributed by atoms with Crippen LogP contribution < -0.4 is 25.0 Å². The van der Waals surface area contributed by atoms with Gasteiger partial charge in [-0.2, -0.15) is 0 Å². The highest BCUT2D eigenvalue weighted by Gasteiger charge is 2.25. The topological polar surface area (TPSA) is 71.0 Å². The first-order valence-corrected chi connectivity index (χ1v) is 10.2. The van der Waals surface area contributed by atoms with Crippen LogP contribution in [0, 0.1) is 0 Å². The summed E-state index contributed by atoms with van der Waals surface area (Å²) < 4.78 is 10.9. The molecule has 2 N–H and O–H groups in total. The number of aliphatic imine (C=N–C) groups is 1. The van der Waals surface area contributed by atoms with Crippen LogP contribution in [0.25, 0.3) is 0 Å². The van der Waals surface area contributed by atoms with Gasteiger partial charge in [0.2, 0.25) is 0 Å². The lowest BCUT2D eigenvalue weighted by molar-refractivity contribution is 0.310. The predicted octanol–water partition coefficient (Wildman–Crippen LogP) is 2.96. The maximum absolute atomic E-state index is 6.26. The maximum Gasteiger partial charge on any atom is 0.191 e. The van der Waals surface area contributed by atoms with Crippen molar-refractivity contribution in [2.45, 2.75) is 18.9 Å². The zero-order valence-electron chi connectivity index (χ0n) is 16.9. The summed E-state index contributed by atoms with van der Waals surface area (Å²) in [5.74, 6) is 3.31. The van der Waals surface area contributed by atoms with Crippen LogP contribution >= 0.6 is 11.6 Å². The summed E-state index contributed by atoms with van der Waals surface area (Å²) in [5.41, 5.74) is 0. The Morgan fingerprint density at radius 2 is 2.07 bits per heavy atom. The molecule has 2 heterocycles. The molecule has 1 saturated heterocycles. The van der Waals surface area contributed by atoms with E-state index >= 15 is 0 Å². The molecule has 0 amide bonds. The van der Waals surface area contributed by atoms with Gasteiger partial charge in [-0.3, -0.25) is 4.99 Å². The standard InChI is InChI=1S/C21H28ClN5O2/c1-23-21(25-12-4-14-29-18-8-6-17(28-2)7-9-18)26-16-10-13-27(15-16)20-19(22)5-3-11-24-20/h3,5-9,11,16H,4,10,12-15H2,1-2H3,(H2,23,25,26). The third kappa shape index (κ3) is 6.15. The van der Waals surface area contributed by atoms with Crippen molar-refractivity contribution in [3.8, 4) is 11.5 Å². The minimum absolute atomic E-state index is 0.301. The summed E-state index contributed by atoms with van der Waals surface area (Å²) in [4.78, 5) is 10.9. The van der Waals surface area contributed by atoms with E-state index in [1.165, 1.54) is 0 Å². The molecule has 29 heavy (non-hydrogen) atoms. The Morgan fingerprint density at radius 3 is 2.79 bits per heavy atom. The molecule has 156 valence electrons. The van der Waals surface area contributed by atoms with Crippen LogP contribution in [0.15, 0.2) is 47.6 Å². The molecule has 1 aromatic carbocycles. The van der Waals surface area contributed by atoms with E-state index in [0.717, 1.165) is 55.8 Å². The highest BCUT2D eigenvalue weighted by atomic mass is 35.5. The number of rotatable bonds is 8. The Morgan fingerprint density at radius 1 is 1.28 bits per heavy atom. The van der Waals surface area contributed by atoms with E-state index in [1.807, 2.05) is 36.4 Å². The summed E-state index contributed by atoms with van der Waals surface area (Å²) >= 11 is 6.26. The first-order valence-electron chi connectivity index (χ1n) is 9.79. The lowest BCUT2D eigenvalue weighted by Crippen LogP contribution is -2.45. The van der Waals surface area contributed by atoms with E-state index < -0.39 is 0 Å². The molecule has 7 nitrogen and oxygen atoms in total. The van der Waals surface area contributed by atoms with Gasteiger partial charge in [0.05, 0.1) is 18.7 Å². The van der Waals surface area contributed by atoms with Crippen LogP contribution in [-0.2, 0) is 0 Å². The number of hydrogen-bond acceptors (Lipinski definition) is 5. The monoisotopic (exact) mass is 417 g/mol. The third-order valence-corrected chi connectivity index (χ3v) is 5.03. The average molecular weight is 418 g/mol. The highest BCUT2D eigenvalue weighted by Crippen LogP contribution is 2.25. The number of pyridine rings is 1. The summed E-state index contributed by atoms with van der Waals surface area (Å²) in [6, 6.07) is 11.6. The second-order valence-electron chi connectivity index (χ2n) is 6.76. The number of aromatic nitrogens is 1. The zero-order valence-corrected chi connectivity index (χ0v) is 17.7. The Kier molecular flexibility index (Phi) is 7.81. The molecule has 1 aliphatic heterocycles. The van der Waals surface area contributed by atoms with Crippen molar-refractivity contribution in [1.82, 2.24) is 15.6 Å². The normalized spacial score (nSPS) is 16.6. The van der Waals surface area contributed by atoms with Gasteiger partial charge in [-0.25, -0.2) is 4.98 Å². The van der Waals surface area contributed by atoms with Crippen LogP contribution in [-0.4, -0.2) is 57.4 Å². The average Bonchev–Trinajstić information content (AvgIpc) is 3.21. The molecular formula is C21H28ClN5O2. The largest absolute Gasteiger partial charge is 0.497 e.